The lowest BCUT2D eigenvalue weighted by Gasteiger charge is -2.29. The van der Waals surface area contributed by atoms with E-state index in [2.05, 4.69) is 16.7 Å². The van der Waals surface area contributed by atoms with E-state index in [4.69, 9.17) is 9.15 Å². The zero-order chi connectivity index (χ0) is 26.4. The molecule has 0 saturated carbocycles. The minimum Gasteiger partial charge on any atom is -0.468 e. The summed E-state index contributed by atoms with van der Waals surface area (Å²) in [7, 11) is 0. The largest absolute Gasteiger partial charge is 0.468 e. The van der Waals surface area contributed by atoms with Crippen LogP contribution in [-0.4, -0.2) is 24.2 Å². The van der Waals surface area contributed by atoms with E-state index in [9.17, 15) is 14.9 Å². The highest BCUT2D eigenvalue weighted by Gasteiger charge is 2.38. The van der Waals surface area contributed by atoms with Crippen molar-refractivity contribution in [3.63, 3.8) is 0 Å². The average Bonchev–Trinajstić information content (AvgIpc) is 3.44. The molecule has 37 heavy (non-hydrogen) atoms. The number of carbonyl (C=O) groups is 2. The fourth-order valence-corrected chi connectivity index (χ4v) is 4.89. The number of benzene rings is 2. The number of nitrogens with one attached hydrogen (secondary N) is 2. The van der Waals surface area contributed by atoms with Gasteiger partial charge in [-0.3, -0.25) is 4.79 Å². The third kappa shape index (κ3) is 5.79. The first kappa shape index (κ1) is 25.9. The summed E-state index contributed by atoms with van der Waals surface area (Å²) >= 11 is 1.20. The average molecular weight is 514 g/mol. The van der Waals surface area contributed by atoms with Gasteiger partial charge in [0.15, 0.2) is 0 Å². The predicted molar refractivity (Wildman–Crippen MR) is 144 cm³/mol. The van der Waals surface area contributed by atoms with Crippen molar-refractivity contribution in [1.82, 2.24) is 5.32 Å². The molecule has 4 rings (SSSR count). The third-order valence-electron chi connectivity index (χ3n) is 5.97. The normalized spacial score (nSPS) is 15.1. The Hall–Kier alpha value is -4.22. The van der Waals surface area contributed by atoms with Crippen molar-refractivity contribution < 1.29 is 18.7 Å². The number of dihydropyridines is 1. The Balaban J connectivity index is 1.69. The Morgan fingerprint density at radius 1 is 1.11 bits per heavy atom. The van der Waals surface area contributed by atoms with Crippen molar-refractivity contribution in [3.05, 3.63) is 106 Å². The number of rotatable bonds is 8. The van der Waals surface area contributed by atoms with E-state index in [1.807, 2.05) is 62.4 Å². The molecule has 1 atom stereocenters. The summed E-state index contributed by atoms with van der Waals surface area (Å²) in [4.78, 5) is 26.0. The van der Waals surface area contributed by atoms with Crippen LogP contribution in [0.15, 0.2) is 87.5 Å². The number of anilines is 1. The highest BCUT2D eigenvalue weighted by molar-refractivity contribution is 8.03. The van der Waals surface area contributed by atoms with Gasteiger partial charge in [-0.2, -0.15) is 5.26 Å². The first-order valence-corrected chi connectivity index (χ1v) is 12.8. The standard InChI is InChI=1S/C29H27N3O4S/c1-4-35-29(34)26-25(23-11-8-14-36-23)22(16-30)28(32-27(26)20-9-6-5-7-10-20)37-17-24(33)31-21-13-12-18(2)19(3)15-21/h5-15,25,32H,4,17H2,1-3H3,(H,31,33)/t25-/m0/s1. The number of hydrogen-bond acceptors (Lipinski definition) is 7. The first-order valence-electron chi connectivity index (χ1n) is 11.8. The molecule has 0 fully saturated rings. The molecule has 0 aliphatic carbocycles. The molecule has 0 bridgehead atoms. The maximum Gasteiger partial charge on any atom is 0.337 e. The van der Waals surface area contributed by atoms with E-state index in [1.165, 1.54) is 18.0 Å². The van der Waals surface area contributed by atoms with E-state index in [0.717, 1.165) is 16.7 Å². The summed E-state index contributed by atoms with van der Waals surface area (Å²) in [5.41, 5.74) is 4.75. The van der Waals surface area contributed by atoms with Crippen LogP contribution in [0.2, 0.25) is 0 Å². The second kappa shape index (κ2) is 11.7. The van der Waals surface area contributed by atoms with Gasteiger partial charge in [0.2, 0.25) is 5.91 Å². The lowest BCUT2D eigenvalue weighted by molar-refractivity contribution is -0.138. The van der Waals surface area contributed by atoms with Gasteiger partial charge >= 0.3 is 5.97 Å². The van der Waals surface area contributed by atoms with Crippen LogP contribution in [0, 0.1) is 25.2 Å². The minimum atomic E-state index is -0.791. The summed E-state index contributed by atoms with van der Waals surface area (Å²) in [6.07, 6.45) is 1.50. The highest BCUT2D eigenvalue weighted by Crippen LogP contribution is 2.43. The van der Waals surface area contributed by atoms with Gasteiger partial charge in [0.1, 0.15) is 5.76 Å². The van der Waals surface area contributed by atoms with Crippen molar-refractivity contribution in [2.45, 2.75) is 26.7 Å². The molecule has 1 aliphatic rings. The number of furan rings is 1. The molecule has 0 radical (unpaired) electrons. The first-order chi connectivity index (χ1) is 17.9. The summed E-state index contributed by atoms with van der Waals surface area (Å²) in [5, 5.41) is 16.8. The van der Waals surface area contributed by atoms with Gasteiger partial charge in [0.05, 0.1) is 52.5 Å². The number of allylic oxidation sites excluding steroid dienone is 1. The number of amides is 1. The number of thioether (sulfide) groups is 1. The number of carbonyl (C=O) groups excluding carboxylic acids is 2. The Bertz CT molecular complexity index is 1400. The summed E-state index contributed by atoms with van der Waals surface area (Å²) in [6, 6.07) is 20.8. The molecule has 188 valence electrons. The van der Waals surface area contributed by atoms with Crippen LogP contribution in [-0.2, 0) is 14.3 Å². The van der Waals surface area contributed by atoms with Crippen molar-refractivity contribution in [3.8, 4) is 6.07 Å². The van der Waals surface area contributed by atoms with Crippen molar-refractivity contribution >= 4 is 35.0 Å². The van der Waals surface area contributed by atoms with E-state index >= 15 is 0 Å². The predicted octanol–water partition coefficient (Wildman–Crippen LogP) is 5.66. The monoisotopic (exact) mass is 513 g/mol. The molecule has 0 saturated heterocycles. The van der Waals surface area contributed by atoms with E-state index in [1.54, 1.807) is 19.1 Å². The van der Waals surface area contributed by atoms with Gasteiger partial charge in [-0.05, 0) is 61.7 Å². The number of aryl methyl sites for hydroxylation is 2. The maximum absolute atomic E-state index is 13.2. The number of nitrogens with zero attached hydrogens (tertiary/aromatic N) is 1. The van der Waals surface area contributed by atoms with Gasteiger partial charge in [-0.25, -0.2) is 4.79 Å². The fourth-order valence-electron chi connectivity index (χ4n) is 4.05. The van der Waals surface area contributed by atoms with Crippen molar-refractivity contribution in [2.75, 3.05) is 17.7 Å². The van der Waals surface area contributed by atoms with Crippen LogP contribution in [0.3, 0.4) is 0 Å². The molecule has 7 nitrogen and oxygen atoms in total. The number of hydrogen-bond donors (Lipinski definition) is 2. The Labute approximate surface area is 220 Å². The van der Waals surface area contributed by atoms with E-state index in [0.29, 0.717) is 22.2 Å². The van der Waals surface area contributed by atoms with Crippen molar-refractivity contribution in [2.24, 2.45) is 0 Å². The maximum atomic E-state index is 13.2. The van der Waals surface area contributed by atoms with Crippen LogP contribution >= 0.6 is 11.8 Å². The quantitative estimate of drug-likeness (QED) is 0.374. The lowest BCUT2D eigenvalue weighted by atomic mass is 9.84. The molecular formula is C29H27N3O4S. The molecule has 1 amide bonds. The van der Waals surface area contributed by atoms with Gasteiger partial charge in [0, 0.05) is 5.69 Å². The summed E-state index contributed by atoms with van der Waals surface area (Å²) in [6.45, 7) is 5.92. The van der Waals surface area contributed by atoms with Crippen LogP contribution in [0.5, 0.6) is 0 Å². The summed E-state index contributed by atoms with van der Waals surface area (Å²) < 4.78 is 11.1. The van der Waals surface area contributed by atoms with Crippen LogP contribution in [0.25, 0.3) is 5.70 Å². The zero-order valence-corrected chi connectivity index (χ0v) is 21.6. The number of esters is 1. The second-order valence-electron chi connectivity index (χ2n) is 8.44. The van der Waals surface area contributed by atoms with Gasteiger partial charge < -0.3 is 19.8 Å². The SMILES string of the molecule is CCOC(=O)C1=C(c2ccccc2)NC(SCC(=O)Nc2ccc(C)c(C)c2)=C(C#N)[C@H]1c1ccco1. The zero-order valence-electron chi connectivity index (χ0n) is 20.8. The highest BCUT2D eigenvalue weighted by atomic mass is 32.2. The molecule has 2 N–H and O–H groups in total. The van der Waals surface area contributed by atoms with Gasteiger partial charge in [0.25, 0.3) is 0 Å². The molecule has 0 spiro atoms. The molecule has 8 heteroatoms. The molecule has 1 aromatic heterocycles. The van der Waals surface area contributed by atoms with Crippen molar-refractivity contribution in [1.29, 1.82) is 5.26 Å². The second-order valence-corrected chi connectivity index (χ2v) is 9.42. The molecule has 1 aliphatic heterocycles. The third-order valence-corrected chi connectivity index (χ3v) is 6.99. The molecule has 0 unspecified atom stereocenters. The number of nitriles is 1. The van der Waals surface area contributed by atoms with Crippen LogP contribution in [0.1, 0.15) is 35.3 Å². The lowest BCUT2D eigenvalue weighted by Crippen LogP contribution is -2.29. The molecule has 3 aromatic rings. The Morgan fingerprint density at radius 3 is 2.54 bits per heavy atom. The molecule has 2 aromatic carbocycles. The fraction of sp³-hybridized carbons (Fsp3) is 0.207. The number of ether oxygens (including phenoxy) is 1. The van der Waals surface area contributed by atoms with E-state index in [-0.39, 0.29) is 29.4 Å². The van der Waals surface area contributed by atoms with Crippen LogP contribution < -0.4 is 10.6 Å². The Kier molecular flexibility index (Phi) is 8.16. The van der Waals surface area contributed by atoms with Crippen LogP contribution in [0.4, 0.5) is 5.69 Å². The van der Waals surface area contributed by atoms with Gasteiger partial charge in [-0.1, -0.05) is 48.2 Å². The molecule has 2 heterocycles. The van der Waals surface area contributed by atoms with E-state index < -0.39 is 11.9 Å². The minimum absolute atomic E-state index is 0.0577. The Morgan fingerprint density at radius 2 is 1.89 bits per heavy atom. The summed E-state index contributed by atoms with van der Waals surface area (Å²) in [5.74, 6) is -1.05. The molecular weight excluding hydrogens is 486 g/mol. The smallest absolute Gasteiger partial charge is 0.337 e. The topological polar surface area (TPSA) is 104 Å². The van der Waals surface area contributed by atoms with Gasteiger partial charge in [-0.15, -0.1) is 0 Å².